The number of nitrogens with zero attached hydrogens (tertiary/aromatic N) is 1. The van der Waals surface area contributed by atoms with Crippen molar-refractivity contribution in [3.05, 3.63) is 45.9 Å². The Hall–Kier alpha value is -1.72. The Morgan fingerprint density at radius 3 is 2.77 bits per heavy atom. The number of hydrogen-bond donors (Lipinski definition) is 1. The maximum atomic E-state index is 13.1. The monoisotopic (exact) mass is 318 g/mol. The number of aryl methyl sites for hydroxylation is 1. The van der Waals surface area contributed by atoms with Gasteiger partial charge in [0.1, 0.15) is 5.82 Å². The molecule has 1 aliphatic heterocycles. The molecule has 3 rings (SSSR count). The van der Waals surface area contributed by atoms with Crippen LogP contribution in [0.1, 0.15) is 21.0 Å². The molecule has 0 spiro atoms. The summed E-state index contributed by atoms with van der Waals surface area (Å²) in [7, 11) is 0. The zero-order valence-electron chi connectivity index (χ0n) is 12.6. The molecule has 1 fully saturated rings. The van der Waals surface area contributed by atoms with Gasteiger partial charge in [-0.25, -0.2) is 4.39 Å². The first-order chi connectivity index (χ1) is 10.6. The number of amides is 1. The number of thiophene rings is 1. The summed E-state index contributed by atoms with van der Waals surface area (Å²) in [6.45, 7) is 5.37. The Morgan fingerprint density at radius 2 is 2.00 bits per heavy atom. The molecule has 1 N–H and O–H groups in total. The summed E-state index contributed by atoms with van der Waals surface area (Å²) in [6.07, 6.45) is 0.987. The van der Waals surface area contributed by atoms with Gasteiger partial charge in [-0.1, -0.05) is 12.1 Å². The van der Waals surface area contributed by atoms with Crippen molar-refractivity contribution in [2.45, 2.75) is 13.3 Å². The molecule has 0 atom stereocenters. The molecule has 0 unspecified atom stereocenters. The van der Waals surface area contributed by atoms with Gasteiger partial charge in [-0.05, 0) is 49.2 Å². The number of rotatable bonds is 2. The van der Waals surface area contributed by atoms with E-state index in [4.69, 9.17) is 0 Å². The molecule has 0 bridgehead atoms. The predicted octanol–water partition coefficient (Wildman–Crippen LogP) is 3.30. The molecule has 0 radical (unpaired) electrons. The van der Waals surface area contributed by atoms with Gasteiger partial charge in [0.05, 0.1) is 4.88 Å². The number of carbonyl (C=O) groups is 1. The Labute approximate surface area is 133 Å². The zero-order valence-corrected chi connectivity index (χ0v) is 13.4. The van der Waals surface area contributed by atoms with Gasteiger partial charge < -0.3 is 10.2 Å². The molecule has 2 heterocycles. The van der Waals surface area contributed by atoms with Crippen molar-refractivity contribution in [3.63, 3.8) is 0 Å². The lowest BCUT2D eigenvalue weighted by molar-refractivity contribution is 0.0771. The summed E-state index contributed by atoms with van der Waals surface area (Å²) in [5, 5.41) is 3.31. The lowest BCUT2D eigenvalue weighted by Gasteiger charge is -2.18. The molecule has 1 aromatic carbocycles. The second-order valence-electron chi connectivity index (χ2n) is 5.48. The standard InChI is InChI=1S/C17H19FN2OS/c1-12-15(13-3-5-14(18)6-4-13)11-16(22-12)17(21)20-9-2-7-19-8-10-20/h3-6,11,19H,2,7-10H2,1H3. The van der Waals surface area contributed by atoms with E-state index in [9.17, 15) is 9.18 Å². The van der Waals surface area contributed by atoms with Crippen LogP contribution in [-0.2, 0) is 0 Å². The van der Waals surface area contributed by atoms with Crippen LogP contribution in [0.25, 0.3) is 11.1 Å². The number of carbonyl (C=O) groups excluding carboxylic acids is 1. The second kappa shape index (κ2) is 6.58. The summed E-state index contributed by atoms with van der Waals surface area (Å²) in [6, 6.07) is 8.36. The quantitative estimate of drug-likeness (QED) is 0.921. The highest BCUT2D eigenvalue weighted by Crippen LogP contribution is 2.31. The lowest BCUT2D eigenvalue weighted by atomic mass is 10.1. The number of hydrogen-bond acceptors (Lipinski definition) is 3. The van der Waals surface area contributed by atoms with Crippen LogP contribution in [-0.4, -0.2) is 37.0 Å². The van der Waals surface area contributed by atoms with Gasteiger partial charge in [0.15, 0.2) is 0 Å². The normalized spacial score (nSPS) is 15.6. The van der Waals surface area contributed by atoms with E-state index < -0.39 is 0 Å². The van der Waals surface area contributed by atoms with Gasteiger partial charge in [-0.15, -0.1) is 11.3 Å². The van der Waals surface area contributed by atoms with Crippen LogP contribution < -0.4 is 5.32 Å². The highest BCUT2D eigenvalue weighted by atomic mass is 32.1. The van der Waals surface area contributed by atoms with E-state index in [-0.39, 0.29) is 11.7 Å². The predicted molar refractivity (Wildman–Crippen MR) is 87.8 cm³/mol. The minimum absolute atomic E-state index is 0.102. The van der Waals surface area contributed by atoms with Gasteiger partial charge in [0, 0.05) is 24.5 Å². The fourth-order valence-corrected chi connectivity index (χ4v) is 3.72. The van der Waals surface area contributed by atoms with Crippen molar-refractivity contribution in [1.29, 1.82) is 0 Å². The third-order valence-electron chi connectivity index (χ3n) is 3.91. The van der Waals surface area contributed by atoms with Crippen LogP contribution in [0.5, 0.6) is 0 Å². The Morgan fingerprint density at radius 1 is 1.23 bits per heavy atom. The van der Waals surface area contributed by atoms with Crippen molar-refractivity contribution in [2.24, 2.45) is 0 Å². The summed E-state index contributed by atoms with van der Waals surface area (Å²) < 4.78 is 13.1. The van der Waals surface area contributed by atoms with E-state index in [2.05, 4.69) is 5.32 Å². The van der Waals surface area contributed by atoms with E-state index in [0.717, 1.165) is 53.5 Å². The largest absolute Gasteiger partial charge is 0.337 e. The van der Waals surface area contributed by atoms with Crippen LogP contribution in [0.15, 0.2) is 30.3 Å². The maximum absolute atomic E-state index is 13.1. The lowest BCUT2D eigenvalue weighted by Crippen LogP contribution is -2.33. The highest BCUT2D eigenvalue weighted by molar-refractivity contribution is 7.14. The van der Waals surface area contributed by atoms with Crippen LogP contribution >= 0.6 is 11.3 Å². The molecular weight excluding hydrogens is 299 g/mol. The van der Waals surface area contributed by atoms with Crippen LogP contribution in [0.4, 0.5) is 4.39 Å². The molecular formula is C17H19FN2OS. The van der Waals surface area contributed by atoms with Gasteiger partial charge in [0.25, 0.3) is 5.91 Å². The molecule has 1 aromatic heterocycles. The fourth-order valence-electron chi connectivity index (χ4n) is 2.71. The Balaban J connectivity index is 1.84. The Bertz CT molecular complexity index is 658. The summed E-state index contributed by atoms with van der Waals surface area (Å²) >= 11 is 1.52. The Kier molecular flexibility index (Phi) is 4.55. The van der Waals surface area contributed by atoms with E-state index in [1.165, 1.54) is 23.5 Å². The molecule has 1 aliphatic rings. The first kappa shape index (κ1) is 15.2. The highest BCUT2D eigenvalue weighted by Gasteiger charge is 2.20. The smallest absolute Gasteiger partial charge is 0.263 e. The van der Waals surface area contributed by atoms with Crippen molar-refractivity contribution < 1.29 is 9.18 Å². The minimum Gasteiger partial charge on any atom is -0.337 e. The van der Waals surface area contributed by atoms with Crippen molar-refractivity contribution in [1.82, 2.24) is 10.2 Å². The zero-order chi connectivity index (χ0) is 15.5. The van der Waals surface area contributed by atoms with Crippen LogP contribution in [0, 0.1) is 12.7 Å². The first-order valence-electron chi connectivity index (χ1n) is 7.51. The third kappa shape index (κ3) is 3.20. The fraction of sp³-hybridized carbons (Fsp3) is 0.353. The van der Waals surface area contributed by atoms with Crippen LogP contribution in [0.2, 0.25) is 0 Å². The van der Waals surface area contributed by atoms with E-state index in [1.54, 1.807) is 12.1 Å². The first-order valence-corrected chi connectivity index (χ1v) is 8.33. The molecule has 1 amide bonds. The van der Waals surface area contributed by atoms with Gasteiger partial charge >= 0.3 is 0 Å². The molecule has 2 aromatic rings. The molecule has 3 nitrogen and oxygen atoms in total. The van der Waals surface area contributed by atoms with Crippen molar-refractivity contribution in [3.8, 4) is 11.1 Å². The molecule has 0 saturated carbocycles. The van der Waals surface area contributed by atoms with E-state index >= 15 is 0 Å². The SMILES string of the molecule is Cc1sc(C(=O)N2CCCNCC2)cc1-c1ccc(F)cc1. The molecule has 22 heavy (non-hydrogen) atoms. The number of benzene rings is 1. The maximum Gasteiger partial charge on any atom is 0.263 e. The van der Waals surface area contributed by atoms with Crippen LogP contribution in [0.3, 0.4) is 0 Å². The summed E-state index contributed by atoms with van der Waals surface area (Å²) in [5.41, 5.74) is 1.97. The number of halogens is 1. The van der Waals surface area contributed by atoms with E-state index in [0.29, 0.717) is 0 Å². The average Bonchev–Trinajstić information content (AvgIpc) is 2.74. The molecule has 1 saturated heterocycles. The minimum atomic E-state index is -0.245. The molecule has 5 heteroatoms. The van der Waals surface area contributed by atoms with Gasteiger partial charge in [-0.3, -0.25) is 4.79 Å². The summed E-state index contributed by atoms with van der Waals surface area (Å²) in [4.78, 5) is 16.4. The van der Waals surface area contributed by atoms with Crippen molar-refractivity contribution in [2.75, 3.05) is 26.2 Å². The van der Waals surface area contributed by atoms with Gasteiger partial charge in [0.2, 0.25) is 0 Å². The summed E-state index contributed by atoms with van der Waals surface area (Å²) in [5.74, 6) is -0.143. The average molecular weight is 318 g/mol. The second-order valence-corrected chi connectivity index (χ2v) is 6.74. The van der Waals surface area contributed by atoms with Crippen molar-refractivity contribution >= 4 is 17.2 Å². The molecule has 0 aliphatic carbocycles. The number of nitrogens with one attached hydrogen (secondary N) is 1. The topological polar surface area (TPSA) is 32.3 Å². The van der Waals surface area contributed by atoms with Gasteiger partial charge in [-0.2, -0.15) is 0 Å². The molecule has 116 valence electrons. The third-order valence-corrected chi connectivity index (χ3v) is 4.95. The van der Waals surface area contributed by atoms with E-state index in [1.807, 2.05) is 17.9 Å².